The number of nitrogens with zero attached hydrogens (tertiary/aromatic N) is 1. The number of fused-ring (bicyclic) bond motifs is 8. The second-order valence-electron chi connectivity index (χ2n) is 14.1. The van der Waals surface area contributed by atoms with Crippen molar-refractivity contribution in [1.82, 2.24) is 0 Å². The fourth-order valence-electron chi connectivity index (χ4n) is 8.49. The number of anilines is 3. The molecule has 0 spiro atoms. The lowest BCUT2D eigenvalue weighted by molar-refractivity contribution is 0.669. The molecule has 11 rings (SSSR count). The van der Waals surface area contributed by atoms with Gasteiger partial charge in [-0.25, -0.2) is 0 Å². The van der Waals surface area contributed by atoms with Crippen LogP contribution in [0.3, 0.4) is 0 Å². The van der Waals surface area contributed by atoms with Gasteiger partial charge in [-0.15, -0.1) is 0 Å². The zero-order chi connectivity index (χ0) is 35.6. The van der Waals surface area contributed by atoms with Crippen molar-refractivity contribution in [3.05, 3.63) is 200 Å². The Bertz CT molecular complexity index is 3230. The first-order valence-electron chi connectivity index (χ1n) is 18.5. The molecular formula is C52H33NO. The largest absolute Gasteiger partial charge is 0.456 e. The average Bonchev–Trinajstić information content (AvgIpc) is 3.61. The molecule has 10 aromatic carbocycles. The first-order chi connectivity index (χ1) is 26.8. The Morgan fingerprint density at radius 3 is 1.74 bits per heavy atom. The molecule has 0 fully saturated rings. The maximum atomic E-state index is 6.64. The SMILES string of the molecule is c1ccc(-c2cccc(N(c3cc(-c4cc5ccccc5c5ccccc45)c4ccccc4c3)c3cccc4oc5cc6ccccc6cc5c34)c2)cc1. The minimum atomic E-state index is 0.864. The monoisotopic (exact) mass is 687 g/mol. The normalized spacial score (nSPS) is 11.7. The van der Waals surface area contributed by atoms with Crippen molar-refractivity contribution in [3.8, 4) is 22.3 Å². The van der Waals surface area contributed by atoms with E-state index in [2.05, 4.69) is 205 Å². The molecule has 0 unspecified atom stereocenters. The van der Waals surface area contributed by atoms with E-state index in [1.54, 1.807) is 0 Å². The Hall–Kier alpha value is -7.16. The van der Waals surface area contributed by atoms with Crippen molar-refractivity contribution in [2.24, 2.45) is 0 Å². The molecule has 0 saturated heterocycles. The van der Waals surface area contributed by atoms with Gasteiger partial charge in [0.15, 0.2) is 0 Å². The van der Waals surface area contributed by atoms with E-state index in [4.69, 9.17) is 4.42 Å². The van der Waals surface area contributed by atoms with E-state index in [0.717, 1.165) is 44.6 Å². The van der Waals surface area contributed by atoms with Crippen LogP contribution in [0.4, 0.5) is 17.1 Å². The van der Waals surface area contributed by atoms with Gasteiger partial charge >= 0.3 is 0 Å². The first-order valence-corrected chi connectivity index (χ1v) is 18.5. The van der Waals surface area contributed by atoms with E-state index in [1.807, 2.05) is 0 Å². The standard InChI is InChI=1S/C52H33NO/c1-2-14-34(15-3-1)35-20-12-21-40(28-35)53(49-26-13-27-50-52(49)48-30-36-16-4-5-17-37(36)32-51(48)54-50)41-29-38-18-6-9-23-43(38)47(33-41)46-31-39-19-7-8-22-42(39)44-24-10-11-25-45(44)46/h1-33H. The Labute approximate surface area is 312 Å². The summed E-state index contributed by atoms with van der Waals surface area (Å²) >= 11 is 0. The van der Waals surface area contributed by atoms with Gasteiger partial charge in [-0.3, -0.25) is 0 Å². The van der Waals surface area contributed by atoms with E-state index >= 15 is 0 Å². The lowest BCUT2D eigenvalue weighted by atomic mass is 9.90. The molecule has 2 nitrogen and oxygen atoms in total. The van der Waals surface area contributed by atoms with Crippen LogP contribution in [0.1, 0.15) is 0 Å². The molecule has 0 saturated carbocycles. The number of rotatable bonds is 5. The summed E-state index contributed by atoms with van der Waals surface area (Å²) in [5.41, 5.74) is 9.73. The topological polar surface area (TPSA) is 16.4 Å². The van der Waals surface area contributed by atoms with Crippen molar-refractivity contribution in [2.75, 3.05) is 4.90 Å². The average molecular weight is 688 g/mol. The van der Waals surface area contributed by atoms with Gasteiger partial charge in [0.25, 0.3) is 0 Å². The third-order valence-corrected chi connectivity index (χ3v) is 11.0. The third kappa shape index (κ3) is 4.88. The molecule has 0 aliphatic rings. The summed E-state index contributed by atoms with van der Waals surface area (Å²) in [6.45, 7) is 0. The van der Waals surface area contributed by atoms with E-state index < -0.39 is 0 Å². The molecule has 252 valence electrons. The van der Waals surface area contributed by atoms with Crippen LogP contribution in [-0.2, 0) is 0 Å². The molecule has 1 heterocycles. The Kier molecular flexibility index (Phi) is 6.90. The van der Waals surface area contributed by atoms with Crippen LogP contribution in [0, 0.1) is 0 Å². The molecule has 0 aliphatic heterocycles. The van der Waals surface area contributed by atoms with Gasteiger partial charge in [0.05, 0.1) is 11.1 Å². The van der Waals surface area contributed by atoms with Crippen LogP contribution in [0.2, 0.25) is 0 Å². The highest BCUT2D eigenvalue weighted by Crippen LogP contribution is 2.47. The molecule has 0 atom stereocenters. The zero-order valence-electron chi connectivity index (χ0n) is 29.4. The summed E-state index contributed by atoms with van der Waals surface area (Å²) in [4.78, 5) is 2.43. The van der Waals surface area contributed by atoms with Gasteiger partial charge in [-0.05, 0) is 120 Å². The Morgan fingerprint density at radius 2 is 0.926 bits per heavy atom. The lowest BCUT2D eigenvalue weighted by Gasteiger charge is -2.28. The van der Waals surface area contributed by atoms with Gasteiger partial charge in [0.2, 0.25) is 0 Å². The van der Waals surface area contributed by atoms with E-state index in [1.165, 1.54) is 59.8 Å². The van der Waals surface area contributed by atoms with Crippen molar-refractivity contribution < 1.29 is 4.42 Å². The second kappa shape index (κ2) is 12.2. The summed E-state index contributed by atoms with van der Waals surface area (Å²) < 4.78 is 6.64. The highest BCUT2D eigenvalue weighted by Gasteiger charge is 2.22. The van der Waals surface area contributed by atoms with Gasteiger partial charge < -0.3 is 9.32 Å². The number of furan rings is 1. The van der Waals surface area contributed by atoms with Crippen molar-refractivity contribution >= 4 is 82.1 Å². The summed E-state index contributed by atoms with van der Waals surface area (Å²) in [6, 6.07) is 72.4. The lowest BCUT2D eigenvalue weighted by Crippen LogP contribution is -2.11. The number of hydrogen-bond acceptors (Lipinski definition) is 2. The van der Waals surface area contributed by atoms with Crippen LogP contribution in [0.15, 0.2) is 205 Å². The predicted octanol–water partition coefficient (Wildman–Crippen LogP) is 15.0. The molecule has 11 aromatic rings. The molecular weight excluding hydrogens is 655 g/mol. The predicted molar refractivity (Wildman–Crippen MR) is 229 cm³/mol. The quantitative estimate of drug-likeness (QED) is 0.168. The minimum Gasteiger partial charge on any atom is -0.456 e. The maximum absolute atomic E-state index is 6.64. The minimum absolute atomic E-state index is 0.864. The van der Waals surface area contributed by atoms with Gasteiger partial charge in [0.1, 0.15) is 11.2 Å². The Morgan fingerprint density at radius 1 is 0.315 bits per heavy atom. The third-order valence-electron chi connectivity index (χ3n) is 11.0. The van der Waals surface area contributed by atoms with Gasteiger partial charge in [-0.1, -0.05) is 146 Å². The highest BCUT2D eigenvalue weighted by atomic mass is 16.3. The van der Waals surface area contributed by atoms with E-state index in [0.29, 0.717) is 0 Å². The van der Waals surface area contributed by atoms with Crippen LogP contribution in [-0.4, -0.2) is 0 Å². The number of hydrogen-bond donors (Lipinski definition) is 0. The van der Waals surface area contributed by atoms with Crippen molar-refractivity contribution in [2.45, 2.75) is 0 Å². The highest BCUT2D eigenvalue weighted by molar-refractivity contribution is 6.19. The molecule has 0 N–H and O–H groups in total. The molecule has 0 amide bonds. The fourth-order valence-corrected chi connectivity index (χ4v) is 8.49. The molecule has 0 radical (unpaired) electrons. The molecule has 0 aliphatic carbocycles. The number of benzene rings is 10. The Balaban J connectivity index is 1.23. The van der Waals surface area contributed by atoms with E-state index in [9.17, 15) is 0 Å². The van der Waals surface area contributed by atoms with Crippen LogP contribution >= 0.6 is 0 Å². The van der Waals surface area contributed by atoms with Crippen LogP contribution in [0.5, 0.6) is 0 Å². The molecule has 2 heteroatoms. The molecule has 1 aromatic heterocycles. The van der Waals surface area contributed by atoms with E-state index in [-0.39, 0.29) is 0 Å². The summed E-state index contributed by atoms with van der Waals surface area (Å²) in [5.74, 6) is 0. The summed E-state index contributed by atoms with van der Waals surface area (Å²) in [6.07, 6.45) is 0. The molecule has 54 heavy (non-hydrogen) atoms. The van der Waals surface area contributed by atoms with Crippen molar-refractivity contribution in [3.63, 3.8) is 0 Å². The molecule has 0 bridgehead atoms. The van der Waals surface area contributed by atoms with Crippen LogP contribution < -0.4 is 4.90 Å². The van der Waals surface area contributed by atoms with Crippen LogP contribution in [0.25, 0.3) is 87.3 Å². The smallest absolute Gasteiger partial charge is 0.137 e. The summed E-state index contributed by atoms with van der Waals surface area (Å²) in [7, 11) is 0. The van der Waals surface area contributed by atoms with Crippen molar-refractivity contribution in [1.29, 1.82) is 0 Å². The van der Waals surface area contributed by atoms with Gasteiger partial charge in [0, 0.05) is 16.8 Å². The second-order valence-corrected chi connectivity index (χ2v) is 14.1. The first kappa shape index (κ1) is 30.5. The maximum Gasteiger partial charge on any atom is 0.137 e. The fraction of sp³-hybridized carbons (Fsp3) is 0. The van der Waals surface area contributed by atoms with Gasteiger partial charge in [-0.2, -0.15) is 0 Å². The zero-order valence-corrected chi connectivity index (χ0v) is 29.4. The summed E-state index contributed by atoms with van der Waals surface area (Å²) in [5, 5.41) is 12.0.